The van der Waals surface area contributed by atoms with E-state index in [0.717, 1.165) is 16.8 Å². The Balaban J connectivity index is 2.93. The highest BCUT2D eigenvalue weighted by Crippen LogP contribution is 2.29. The summed E-state index contributed by atoms with van der Waals surface area (Å²) in [5.74, 6) is 0.682. The third-order valence-corrected chi connectivity index (χ3v) is 2.32. The van der Waals surface area contributed by atoms with Crippen molar-refractivity contribution in [2.24, 2.45) is 0 Å². The summed E-state index contributed by atoms with van der Waals surface area (Å²) in [4.78, 5) is 11.7. The molecule has 0 bridgehead atoms. The molecule has 0 aliphatic carbocycles. The Kier molecular flexibility index (Phi) is 4.37. The molecule has 0 aliphatic rings. The van der Waals surface area contributed by atoms with Crippen LogP contribution in [0, 0.1) is 13.8 Å². The molecule has 0 radical (unpaired) electrons. The first-order valence-electron chi connectivity index (χ1n) is 5.66. The second-order valence-corrected chi connectivity index (χ2v) is 4.41. The van der Waals surface area contributed by atoms with E-state index >= 15 is 0 Å². The van der Waals surface area contributed by atoms with Crippen molar-refractivity contribution in [1.82, 2.24) is 5.32 Å². The number of benzene rings is 1. The number of amides is 2. The molecular weight excluding hydrogens is 216 g/mol. The van der Waals surface area contributed by atoms with E-state index in [1.165, 1.54) is 0 Å². The van der Waals surface area contributed by atoms with Crippen LogP contribution in [0.25, 0.3) is 0 Å². The van der Waals surface area contributed by atoms with E-state index in [9.17, 15) is 4.79 Å². The Morgan fingerprint density at radius 3 is 2.47 bits per heavy atom. The first-order valence-corrected chi connectivity index (χ1v) is 5.66. The Bertz CT molecular complexity index is 414. The smallest absolute Gasteiger partial charge is 0.319 e. The number of urea groups is 1. The largest absolute Gasteiger partial charge is 0.495 e. The topological polar surface area (TPSA) is 50.4 Å². The maximum absolute atomic E-state index is 11.7. The van der Waals surface area contributed by atoms with Crippen LogP contribution in [0.15, 0.2) is 12.1 Å². The first kappa shape index (κ1) is 13.4. The maximum Gasteiger partial charge on any atom is 0.319 e. The van der Waals surface area contributed by atoms with Gasteiger partial charge in [0.2, 0.25) is 0 Å². The van der Waals surface area contributed by atoms with Crippen LogP contribution < -0.4 is 15.4 Å². The minimum Gasteiger partial charge on any atom is -0.495 e. The van der Waals surface area contributed by atoms with Gasteiger partial charge in [0.1, 0.15) is 5.75 Å². The number of rotatable bonds is 3. The molecule has 1 aromatic carbocycles. The van der Waals surface area contributed by atoms with Crippen molar-refractivity contribution in [3.8, 4) is 5.75 Å². The summed E-state index contributed by atoms with van der Waals surface area (Å²) in [6.07, 6.45) is 0. The standard InChI is InChI=1S/C13H20N2O2/c1-8(2)14-13(16)15-12-10(4)6-9(3)7-11(12)17-5/h6-8H,1-5H3,(H2,14,15,16). The van der Waals surface area contributed by atoms with Gasteiger partial charge in [-0.2, -0.15) is 0 Å². The number of aryl methyl sites for hydroxylation is 2. The summed E-state index contributed by atoms with van der Waals surface area (Å²) in [5, 5.41) is 5.59. The van der Waals surface area contributed by atoms with Crippen molar-refractivity contribution >= 4 is 11.7 Å². The fourth-order valence-electron chi connectivity index (χ4n) is 1.66. The third-order valence-electron chi connectivity index (χ3n) is 2.32. The highest BCUT2D eigenvalue weighted by molar-refractivity contribution is 5.92. The van der Waals surface area contributed by atoms with Gasteiger partial charge < -0.3 is 15.4 Å². The summed E-state index contributed by atoms with van der Waals surface area (Å²) >= 11 is 0. The fourth-order valence-corrected chi connectivity index (χ4v) is 1.66. The molecule has 1 rings (SSSR count). The molecule has 0 saturated heterocycles. The lowest BCUT2D eigenvalue weighted by atomic mass is 10.1. The molecule has 0 unspecified atom stereocenters. The molecule has 0 spiro atoms. The van der Waals surface area contributed by atoms with Crippen molar-refractivity contribution < 1.29 is 9.53 Å². The predicted octanol–water partition coefficient (Wildman–Crippen LogP) is 2.84. The second-order valence-electron chi connectivity index (χ2n) is 4.41. The van der Waals surface area contributed by atoms with Crippen LogP contribution in [-0.2, 0) is 0 Å². The highest BCUT2D eigenvalue weighted by Gasteiger charge is 2.11. The van der Waals surface area contributed by atoms with E-state index in [-0.39, 0.29) is 12.1 Å². The zero-order valence-electron chi connectivity index (χ0n) is 11.0. The molecule has 4 heteroatoms. The quantitative estimate of drug-likeness (QED) is 0.847. The number of hydrogen-bond donors (Lipinski definition) is 2. The molecule has 2 N–H and O–H groups in total. The lowest BCUT2D eigenvalue weighted by Gasteiger charge is -2.15. The fraction of sp³-hybridized carbons (Fsp3) is 0.462. The molecule has 0 aromatic heterocycles. The predicted molar refractivity (Wildman–Crippen MR) is 69.8 cm³/mol. The number of carbonyl (C=O) groups is 1. The summed E-state index contributed by atoms with van der Waals surface area (Å²) in [5.41, 5.74) is 2.81. The van der Waals surface area contributed by atoms with E-state index in [1.807, 2.05) is 39.8 Å². The van der Waals surface area contributed by atoms with Crippen LogP contribution in [0.5, 0.6) is 5.75 Å². The molecular formula is C13H20N2O2. The molecule has 0 atom stereocenters. The van der Waals surface area contributed by atoms with Gasteiger partial charge in [-0.3, -0.25) is 0 Å². The van der Waals surface area contributed by atoms with Gasteiger partial charge >= 0.3 is 6.03 Å². The molecule has 0 fully saturated rings. The van der Waals surface area contributed by atoms with Crippen LogP contribution in [0.3, 0.4) is 0 Å². The average Bonchev–Trinajstić information content (AvgIpc) is 2.20. The zero-order chi connectivity index (χ0) is 13.0. The summed E-state index contributed by atoms with van der Waals surface area (Å²) in [6.45, 7) is 7.77. The lowest BCUT2D eigenvalue weighted by molar-refractivity contribution is 0.250. The Morgan fingerprint density at radius 2 is 1.94 bits per heavy atom. The molecule has 1 aromatic rings. The summed E-state index contributed by atoms with van der Waals surface area (Å²) in [6, 6.07) is 3.79. The first-order chi connectivity index (χ1) is 7.93. The highest BCUT2D eigenvalue weighted by atomic mass is 16.5. The minimum absolute atomic E-state index is 0.103. The van der Waals surface area contributed by atoms with Crippen molar-refractivity contribution in [2.75, 3.05) is 12.4 Å². The van der Waals surface area contributed by atoms with Gasteiger partial charge in [0, 0.05) is 6.04 Å². The monoisotopic (exact) mass is 236 g/mol. The number of hydrogen-bond acceptors (Lipinski definition) is 2. The van der Waals surface area contributed by atoms with Crippen LogP contribution in [0.2, 0.25) is 0 Å². The van der Waals surface area contributed by atoms with Crippen molar-refractivity contribution in [3.05, 3.63) is 23.3 Å². The number of methoxy groups -OCH3 is 1. The molecule has 0 heterocycles. The Labute approximate surface area is 102 Å². The molecule has 2 amide bonds. The van der Waals surface area contributed by atoms with Gasteiger partial charge in [-0.05, 0) is 44.9 Å². The van der Waals surface area contributed by atoms with Crippen LogP contribution >= 0.6 is 0 Å². The second kappa shape index (κ2) is 5.57. The normalized spacial score (nSPS) is 10.2. The summed E-state index contributed by atoms with van der Waals surface area (Å²) in [7, 11) is 1.60. The van der Waals surface area contributed by atoms with Crippen molar-refractivity contribution in [3.63, 3.8) is 0 Å². The number of ether oxygens (including phenoxy) is 1. The van der Waals surface area contributed by atoms with E-state index in [1.54, 1.807) is 7.11 Å². The summed E-state index contributed by atoms with van der Waals surface area (Å²) < 4.78 is 5.27. The molecule has 17 heavy (non-hydrogen) atoms. The maximum atomic E-state index is 11.7. The molecule has 0 saturated carbocycles. The van der Waals surface area contributed by atoms with E-state index in [4.69, 9.17) is 4.74 Å². The van der Waals surface area contributed by atoms with E-state index in [2.05, 4.69) is 10.6 Å². The van der Waals surface area contributed by atoms with Gasteiger partial charge in [0.25, 0.3) is 0 Å². The Hall–Kier alpha value is -1.71. The van der Waals surface area contributed by atoms with Crippen LogP contribution in [-0.4, -0.2) is 19.2 Å². The SMILES string of the molecule is COc1cc(C)cc(C)c1NC(=O)NC(C)C. The van der Waals surface area contributed by atoms with Crippen LogP contribution in [0.1, 0.15) is 25.0 Å². The zero-order valence-corrected chi connectivity index (χ0v) is 11.0. The number of nitrogens with one attached hydrogen (secondary N) is 2. The number of anilines is 1. The van der Waals surface area contributed by atoms with Gasteiger partial charge in [-0.1, -0.05) is 6.07 Å². The van der Waals surface area contributed by atoms with Crippen molar-refractivity contribution in [2.45, 2.75) is 33.7 Å². The van der Waals surface area contributed by atoms with Gasteiger partial charge in [-0.15, -0.1) is 0 Å². The van der Waals surface area contributed by atoms with E-state index < -0.39 is 0 Å². The number of carbonyl (C=O) groups excluding carboxylic acids is 1. The van der Waals surface area contributed by atoms with Crippen LogP contribution in [0.4, 0.5) is 10.5 Å². The third kappa shape index (κ3) is 3.66. The van der Waals surface area contributed by atoms with Gasteiger partial charge in [0.05, 0.1) is 12.8 Å². The molecule has 4 nitrogen and oxygen atoms in total. The van der Waals surface area contributed by atoms with Crippen molar-refractivity contribution in [1.29, 1.82) is 0 Å². The van der Waals surface area contributed by atoms with Gasteiger partial charge in [0.15, 0.2) is 0 Å². The minimum atomic E-state index is -0.217. The van der Waals surface area contributed by atoms with Gasteiger partial charge in [-0.25, -0.2) is 4.79 Å². The van der Waals surface area contributed by atoms with E-state index in [0.29, 0.717) is 5.75 Å². The molecule has 94 valence electrons. The Morgan fingerprint density at radius 1 is 1.29 bits per heavy atom. The molecule has 0 aliphatic heterocycles. The lowest BCUT2D eigenvalue weighted by Crippen LogP contribution is -2.34. The average molecular weight is 236 g/mol.